The van der Waals surface area contributed by atoms with Crippen LogP contribution in [0, 0.1) is 25.7 Å². The third kappa shape index (κ3) is 4.81. The molecule has 0 aliphatic carbocycles. The Hall–Kier alpha value is -2.72. The van der Waals surface area contributed by atoms with Crippen LogP contribution in [0.1, 0.15) is 56.4 Å². The number of hydrogen-bond acceptors (Lipinski definition) is 6. The number of aromatic nitrogens is 3. The normalized spacial score (nSPS) is 17.0. The van der Waals surface area contributed by atoms with Gasteiger partial charge in [0.15, 0.2) is 5.76 Å². The number of aryl methyl sites for hydroxylation is 2. The molecule has 1 aromatic carbocycles. The fraction of sp³-hybridized carbons (Fsp3) is 0.522. The first-order valence-corrected chi connectivity index (χ1v) is 12.8. The minimum absolute atomic E-state index is 0.0597. The van der Waals surface area contributed by atoms with E-state index in [1.807, 2.05) is 24.3 Å². The number of nitrogens with one attached hydrogen (secondary N) is 2. The van der Waals surface area contributed by atoms with Crippen LogP contribution in [-0.2, 0) is 14.8 Å². The smallest absolute Gasteiger partial charge is 0.248 e. The molecule has 0 unspecified atom stereocenters. The summed E-state index contributed by atoms with van der Waals surface area (Å²) in [5.41, 5.74) is 2.16. The summed E-state index contributed by atoms with van der Waals surface area (Å²) in [6.07, 6.45) is 1.68. The Morgan fingerprint density at radius 1 is 1.24 bits per heavy atom. The van der Waals surface area contributed by atoms with E-state index in [1.165, 1.54) is 4.31 Å². The Morgan fingerprint density at radius 3 is 2.55 bits per heavy atom. The van der Waals surface area contributed by atoms with E-state index in [1.54, 1.807) is 13.8 Å². The third-order valence-electron chi connectivity index (χ3n) is 6.15. The predicted octanol–water partition coefficient (Wildman–Crippen LogP) is 3.47. The van der Waals surface area contributed by atoms with E-state index in [4.69, 9.17) is 4.52 Å². The molecular weight excluding hydrogens is 442 g/mol. The minimum atomic E-state index is -3.70. The Labute approximate surface area is 194 Å². The van der Waals surface area contributed by atoms with Crippen molar-refractivity contribution < 1.29 is 17.7 Å². The molecule has 2 N–H and O–H groups in total. The highest BCUT2D eigenvalue weighted by molar-refractivity contribution is 7.89. The number of carbonyl (C=O) groups is 1. The summed E-state index contributed by atoms with van der Waals surface area (Å²) in [6, 6.07) is 7.57. The van der Waals surface area contributed by atoms with Crippen molar-refractivity contribution in [3.63, 3.8) is 0 Å². The van der Waals surface area contributed by atoms with Gasteiger partial charge in [0.05, 0.1) is 17.1 Å². The summed E-state index contributed by atoms with van der Waals surface area (Å²) in [5.74, 6) is 1.09. The SMILES string of the molecule is Cc1noc(C)c1S(=O)(=O)N1CCC(C(=O)N[C@H](CC(C)C)c2nc3ccccc3[nH]2)CC1. The van der Waals surface area contributed by atoms with Crippen LogP contribution in [0.25, 0.3) is 11.0 Å². The molecule has 4 rings (SSSR count). The van der Waals surface area contributed by atoms with Crippen molar-refractivity contribution in [2.45, 2.75) is 57.9 Å². The number of piperidine rings is 1. The lowest BCUT2D eigenvalue weighted by atomic mass is 9.95. The minimum Gasteiger partial charge on any atom is -0.360 e. The second-order valence-electron chi connectivity index (χ2n) is 9.16. The van der Waals surface area contributed by atoms with E-state index in [9.17, 15) is 13.2 Å². The highest BCUT2D eigenvalue weighted by Crippen LogP contribution is 2.29. The molecule has 0 bridgehead atoms. The quantitative estimate of drug-likeness (QED) is 0.542. The summed E-state index contributed by atoms with van der Waals surface area (Å²) in [5, 5.41) is 6.94. The molecule has 3 heterocycles. The Bertz CT molecular complexity index is 1190. The van der Waals surface area contributed by atoms with Crippen molar-refractivity contribution in [3.05, 3.63) is 41.5 Å². The number of nitrogens with zero attached hydrogens (tertiary/aromatic N) is 3. The third-order valence-corrected chi connectivity index (χ3v) is 8.30. The van der Waals surface area contributed by atoms with Gasteiger partial charge >= 0.3 is 0 Å². The van der Waals surface area contributed by atoms with Gasteiger partial charge in [0, 0.05) is 19.0 Å². The molecule has 1 aliphatic heterocycles. The number of carbonyl (C=O) groups excluding carboxylic acids is 1. The van der Waals surface area contributed by atoms with Crippen LogP contribution in [0.5, 0.6) is 0 Å². The molecule has 2 aromatic heterocycles. The first-order valence-electron chi connectivity index (χ1n) is 11.3. The van der Waals surface area contributed by atoms with E-state index in [-0.39, 0.29) is 41.6 Å². The Kier molecular flexibility index (Phi) is 6.58. The molecule has 0 saturated carbocycles. The summed E-state index contributed by atoms with van der Waals surface area (Å²) in [4.78, 5) is 21.3. The monoisotopic (exact) mass is 473 g/mol. The highest BCUT2D eigenvalue weighted by atomic mass is 32.2. The number of fused-ring (bicyclic) bond motifs is 1. The van der Waals surface area contributed by atoms with E-state index < -0.39 is 10.0 Å². The number of benzene rings is 1. The van der Waals surface area contributed by atoms with E-state index in [0.29, 0.717) is 24.5 Å². The van der Waals surface area contributed by atoms with Crippen molar-refractivity contribution in [2.24, 2.45) is 11.8 Å². The van der Waals surface area contributed by atoms with Crippen LogP contribution >= 0.6 is 0 Å². The van der Waals surface area contributed by atoms with Gasteiger partial charge in [-0.2, -0.15) is 4.31 Å². The number of imidazole rings is 1. The number of amides is 1. The van der Waals surface area contributed by atoms with Crippen LogP contribution in [0.4, 0.5) is 0 Å². The largest absolute Gasteiger partial charge is 0.360 e. The van der Waals surface area contributed by atoms with Crippen LogP contribution in [0.3, 0.4) is 0 Å². The average molecular weight is 474 g/mol. The van der Waals surface area contributed by atoms with Crippen LogP contribution in [-0.4, -0.2) is 46.8 Å². The summed E-state index contributed by atoms with van der Waals surface area (Å²) < 4.78 is 32.6. The maximum absolute atomic E-state index is 13.1. The fourth-order valence-electron chi connectivity index (χ4n) is 4.47. The second kappa shape index (κ2) is 9.26. The van der Waals surface area contributed by atoms with Crippen LogP contribution < -0.4 is 5.32 Å². The number of para-hydroxylation sites is 2. The Morgan fingerprint density at radius 2 is 1.94 bits per heavy atom. The first-order chi connectivity index (χ1) is 15.7. The summed E-state index contributed by atoms with van der Waals surface area (Å²) >= 11 is 0. The summed E-state index contributed by atoms with van der Waals surface area (Å²) in [7, 11) is -3.70. The van der Waals surface area contributed by atoms with Gasteiger partial charge in [0.1, 0.15) is 16.4 Å². The number of sulfonamides is 1. The maximum Gasteiger partial charge on any atom is 0.248 e. The zero-order valence-electron chi connectivity index (χ0n) is 19.5. The van der Waals surface area contributed by atoms with E-state index >= 15 is 0 Å². The molecule has 1 aliphatic rings. The lowest BCUT2D eigenvalue weighted by Crippen LogP contribution is -2.44. The average Bonchev–Trinajstić information content (AvgIpc) is 3.36. The molecule has 3 aromatic rings. The molecule has 10 heteroatoms. The molecule has 178 valence electrons. The first kappa shape index (κ1) is 23.4. The fourth-order valence-corrected chi connectivity index (χ4v) is 6.23. The predicted molar refractivity (Wildman–Crippen MR) is 124 cm³/mol. The molecule has 0 spiro atoms. The standard InChI is InChI=1S/C23H31N5O4S/c1-14(2)13-20(22-24-18-7-5-6-8-19(18)25-22)26-23(29)17-9-11-28(12-10-17)33(30,31)21-15(3)27-32-16(21)4/h5-8,14,17,20H,9-13H2,1-4H3,(H,24,25)(H,26,29)/t20-/m1/s1. The van der Waals surface area contributed by atoms with Gasteiger partial charge in [-0.25, -0.2) is 13.4 Å². The molecule has 33 heavy (non-hydrogen) atoms. The van der Waals surface area contributed by atoms with E-state index in [2.05, 4.69) is 34.3 Å². The number of hydrogen-bond donors (Lipinski definition) is 2. The van der Waals surface area contributed by atoms with Gasteiger partial charge in [0.2, 0.25) is 15.9 Å². The molecule has 1 fully saturated rings. The zero-order chi connectivity index (χ0) is 23.8. The molecule has 1 saturated heterocycles. The van der Waals surface area contributed by atoms with Crippen molar-refractivity contribution in [1.29, 1.82) is 0 Å². The summed E-state index contributed by atoms with van der Waals surface area (Å²) in [6.45, 7) is 8.00. The molecule has 1 amide bonds. The lowest BCUT2D eigenvalue weighted by molar-refractivity contribution is -0.127. The van der Waals surface area contributed by atoms with E-state index in [0.717, 1.165) is 23.3 Å². The number of rotatable bonds is 7. The zero-order valence-corrected chi connectivity index (χ0v) is 20.3. The molecule has 0 radical (unpaired) electrons. The van der Waals surface area contributed by atoms with Gasteiger partial charge in [0.25, 0.3) is 0 Å². The van der Waals surface area contributed by atoms with Gasteiger partial charge < -0.3 is 14.8 Å². The van der Waals surface area contributed by atoms with Gasteiger partial charge in [-0.05, 0) is 51.2 Å². The van der Waals surface area contributed by atoms with Crippen LogP contribution in [0.15, 0.2) is 33.7 Å². The van der Waals surface area contributed by atoms with Crippen molar-refractivity contribution >= 4 is 27.0 Å². The van der Waals surface area contributed by atoms with Gasteiger partial charge in [-0.1, -0.05) is 31.1 Å². The second-order valence-corrected chi connectivity index (χ2v) is 11.0. The van der Waals surface area contributed by atoms with Crippen molar-refractivity contribution in [3.8, 4) is 0 Å². The van der Waals surface area contributed by atoms with Gasteiger partial charge in [-0.3, -0.25) is 4.79 Å². The van der Waals surface area contributed by atoms with Gasteiger partial charge in [-0.15, -0.1) is 0 Å². The number of H-pyrrole nitrogens is 1. The lowest BCUT2D eigenvalue weighted by Gasteiger charge is -2.31. The van der Waals surface area contributed by atoms with Crippen molar-refractivity contribution in [1.82, 2.24) is 24.7 Å². The highest BCUT2D eigenvalue weighted by Gasteiger charge is 2.36. The number of aromatic amines is 1. The van der Waals surface area contributed by atoms with Crippen LogP contribution in [0.2, 0.25) is 0 Å². The van der Waals surface area contributed by atoms with Crippen molar-refractivity contribution in [2.75, 3.05) is 13.1 Å². The maximum atomic E-state index is 13.1. The topological polar surface area (TPSA) is 121 Å². The molecule has 9 nitrogen and oxygen atoms in total. The Balaban J connectivity index is 1.44. The molecular formula is C23H31N5O4S. The molecule has 1 atom stereocenters.